The summed E-state index contributed by atoms with van der Waals surface area (Å²) in [7, 11) is -4.49. The van der Waals surface area contributed by atoms with Crippen LogP contribution in [0, 0.1) is 0 Å². The first-order valence-corrected chi connectivity index (χ1v) is 9.41. The van der Waals surface area contributed by atoms with Crippen LogP contribution < -0.4 is 5.32 Å². The van der Waals surface area contributed by atoms with E-state index in [0.717, 1.165) is 0 Å². The maximum Gasteiger partial charge on any atom is 0.154 e. The van der Waals surface area contributed by atoms with Crippen LogP contribution in [0.15, 0.2) is 0 Å². The molecule has 5 nitrogen and oxygen atoms in total. The minimum Gasteiger partial charge on any atom is -0.315 e. The maximum absolute atomic E-state index is 11.7. The smallest absolute Gasteiger partial charge is 0.154 e. The molecular formula is C10H23NO4S2. The predicted molar refractivity (Wildman–Crippen MR) is 70.7 cm³/mol. The Morgan fingerprint density at radius 2 is 1.59 bits per heavy atom. The van der Waals surface area contributed by atoms with Crippen molar-refractivity contribution in [2.24, 2.45) is 0 Å². The van der Waals surface area contributed by atoms with Gasteiger partial charge in [0.05, 0.1) is 4.75 Å². The summed E-state index contributed by atoms with van der Waals surface area (Å²) in [5, 5.41) is 2.96. The Morgan fingerprint density at radius 3 is 1.88 bits per heavy atom. The van der Waals surface area contributed by atoms with Crippen LogP contribution >= 0.6 is 0 Å². The van der Waals surface area contributed by atoms with Crippen molar-refractivity contribution in [1.29, 1.82) is 0 Å². The van der Waals surface area contributed by atoms with Crippen LogP contribution in [0.4, 0.5) is 0 Å². The van der Waals surface area contributed by atoms with E-state index in [1.807, 2.05) is 0 Å². The van der Waals surface area contributed by atoms with Gasteiger partial charge in [0.2, 0.25) is 0 Å². The van der Waals surface area contributed by atoms with Crippen LogP contribution in [0.5, 0.6) is 0 Å². The van der Waals surface area contributed by atoms with Crippen molar-refractivity contribution in [1.82, 2.24) is 5.32 Å². The van der Waals surface area contributed by atoms with Gasteiger partial charge in [-0.15, -0.1) is 0 Å². The fraction of sp³-hybridized carbons (Fsp3) is 1.00. The first kappa shape index (κ1) is 16.9. The van der Waals surface area contributed by atoms with E-state index in [4.69, 9.17) is 0 Å². The molecule has 0 rings (SSSR count). The second-order valence-corrected chi connectivity index (χ2v) is 9.85. The molecule has 0 saturated carbocycles. The summed E-state index contributed by atoms with van der Waals surface area (Å²) in [6.45, 7) is 3.31. The summed E-state index contributed by atoms with van der Waals surface area (Å²) in [4.78, 5) is 0. The quantitative estimate of drug-likeness (QED) is 0.724. The van der Waals surface area contributed by atoms with Gasteiger partial charge in [0, 0.05) is 24.3 Å². The van der Waals surface area contributed by atoms with Crippen molar-refractivity contribution in [3.8, 4) is 0 Å². The average molecular weight is 285 g/mol. The van der Waals surface area contributed by atoms with Crippen molar-refractivity contribution >= 4 is 19.7 Å². The molecule has 0 aliphatic rings. The molecule has 0 aliphatic carbocycles. The van der Waals surface area contributed by atoms with E-state index < -0.39 is 24.4 Å². The molecule has 0 aromatic carbocycles. The number of sulfone groups is 2. The molecule has 17 heavy (non-hydrogen) atoms. The highest BCUT2D eigenvalue weighted by atomic mass is 32.2. The van der Waals surface area contributed by atoms with E-state index >= 15 is 0 Å². The SMILES string of the molecule is CNC(CCCS(C)(=O)=O)C(C)(C)S(C)(=O)=O. The molecule has 104 valence electrons. The van der Waals surface area contributed by atoms with Crippen molar-refractivity contribution in [3.63, 3.8) is 0 Å². The Kier molecular flexibility index (Phi) is 5.62. The van der Waals surface area contributed by atoms with Gasteiger partial charge in [-0.2, -0.15) is 0 Å². The zero-order chi connectivity index (χ0) is 13.9. The number of hydrogen-bond acceptors (Lipinski definition) is 5. The molecule has 0 radical (unpaired) electrons. The van der Waals surface area contributed by atoms with Gasteiger partial charge in [-0.05, 0) is 33.7 Å². The average Bonchev–Trinajstić information content (AvgIpc) is 2.08. The molecule has 7 heteroatoms. The van der Waals surface area contributed by atoms with E-state index in [9.17, 15) is 16.8 Å². The van der Waals surface area contributed by atoms with E-state index in [-0.39, 0.29) is 11.8 Å². The van der Waals surface area contributed by atoms with Gasteiger partial charge in [-0.3, -0.25) is 0 Å². The van der Waals surface area contributed by atoms with E-state index in [0.29, 0.717) is 12.8 Å². The standard InChI is InChI=1S/C10H23NO4S2/c1-10(2,17(5,14)15)9(11-3)7-6-8-16(4,12)13/h9,11H,6-8H2,1-5H3. The van der Waals surface area contributed by atoms with Crippen molar-refractivity contribution < 1.29 is 16.8 Å². The van der Waals surface area contributed by atoms with Crippen LogP contribution in [0.2, 0.25) is 0 Å². The lowest BCUT2D eigenvalue weighted by atomic mass is 9.99. The van der Waals surface area contributed by atoms with Crippen LogP contribution in [0.25, 0.3) is 0 Å². The zero-order valence-electron chi connectivity index (χ0n) is 11.1. The van der Waals surface area contributed by atoms with Gasteiger partial charge in [0.1, 0.15) is 9.84 Å². The number of hydrogen-bond donors (Lipinski definition) is 1. The Bertz CT molecular complexity index is 437. The molecule has 0 bridgehead atoms. The number of rotatable bonds is 7. The van der Waals surface area contributed by atoms with Crippen molar-refractivity contribution in [3.05, 3.63) is 0 Å². The van der Waals surface area contributed by atoms with Crippen LogP contribution in [-0.2, 0) is 19.7 Å². The first-order chi connectivity index (χ1) is 7.42. The maximum atomic E-state index is 11.7. The number of nitrogens with one attached hydrogen (secondary N) is 1. The monoisotopic (exact) mass is 285 g/mol. The largest absolute Gasteiger partial charge is 0.315 e. The second-order valence-electron chi connectivity index (χ2n) is 4.99. The topological polar surface area (TPSA) is 80.3 Å². The Morgan fingerprint density at radius 1 is 1.12 bits per heavy atom. The summed E-state index contributed by atoms with van der Waals surface area (Å²) < 4.78 is 44.4. The van der Waals surface area contributed by atoms with Gasteiger partial charge in [0.25, 0.3) is 0 Å². The van der Waals surface area contributed by atoms with Gasteiger partial charge in [-0.25, -0.2) is 16.8 Å². The summed E-state index contributed by atoms with van der Waals surface area (Å²) in [6, 6.07) is -0.251. The fourth-order valence-electron chi connectivity index (χ4n) is 1.65. The van der Waals surface area contributed by atoms with E-state index in [2.05, 4.69) is 5.32 Å². The highest BCUT2D eigenvalue weighted by Gasteiger charge is 2.37. The lowest BCUT2D eigenvalue weighted by Crippen LogP contribution is -2.50. The Labute approximate surface area is 105 Å². The second kappa shape index (κ2) is 5.67. The fourth-order valence-corrected chi connectivity index (χ4v) is 3.09. The first-order valence-electron chi connectivity index (χ1n) is 5.46. The summed E-state index contributed by atoms with van der Waals surface area (Å²) in [5.74, 6) is 0.0883. The highest BCUT2D eigenvalue weighted by Crippen LogP contribution is 2.23. The van der Waals surface area contributed by atoms with Gasteiger partial charge < -0.3 is 5.32 Å². The predicted octanol–water partition coefficient (Wildman–Crippen LogP) is 0.222. The third kappa shape index (κ3) is 5.35. The molecule has 1 N–H and O–H groups in total. The van der Waals surface area contributed by atoms with Crippen molar-refractivity contribution in [2.75, 3.05) is 25.3 Å². The summed E-state index contributed by atoms with van der Waals surface area (Å²) in [6.07, 6.45) is 3.37. The molecule has 0 saturated heterocycles. The Hall–Kier alpha value is -0.140. The minimum absolute atomic E-state index is 0.0883. The van der Waals surface area contributed by atoms with E-state index in [1.165, 1.54) is 12.5 Å². The van der Waals surface area contributed by atoms with Crippen LogP contribution in [0.3, 0.4) is 0 Å². The molecule has 0 spiro atoms. The molecule has 0 aromatic heterocycles. The van der Waals surface area contributed by atoms with Crippen LogP contribution in [0.1, 0.15) is 26.7 Å². The molecular weight excluding hydrogens is 262 g/mol. The lowest BCUT2D eigenvalue weighted by molar-refractivity contribution is 0.408. The van der Waals surface area contributed by atoms with Gasteiger partial charge in [-0.1, -0.05) is 0 Å². The molecule has 1 unspecified atom stereocenters. The Balaban J connectivity index is 4.66. The van der Waals surface area contributed by atoms with Crippen molar-refractivity contribution in [2.45, 2.75) is 37.5 Å². The summed E-state index contributed by atoms with van der Waals surface area (Å²) in [5.41, 5.74) is 0. The molecule has 0 aromatic rings. The molecule has 0 amide bonds. The third-order valence-corrected chi connectivity index (χ3v) is 6.38. The molecule has 0 aliphatic heterocycles. The highest BCUT2D eigenvalue weighted by molar-refractivity contribution is 7.92. The zero-order valence-corrected chi connectivity index (χ0v) is 12.8. The molecule has 0 heterocycles. The summed E-state index contributed by atoms with van der Waals surface area (Å²) >= 11 is 0. The minimum atomic E-state index is -3.19. The third-order valence-electron chi connectivity index (χ3n) is 3.15. The molecule has 0 fully saturated rings. The van der Waals surface area contributed by atoms with Gasteiger partial charge >= 0.3 is 0 Å². The van der Waals surface area contributed by atoms with Crippen LogP contribution in [-0.4, -0.2) is 52.9 Å². The molecule has 1 atom stereocenters. The normalized spacial score (nSPS) is 15.8. The van der Waals surface area contributed by atoms with Gasteiger partial charge in [0.15, 0.2) is 9.84 Å². The lowest BCUT2D eigenvalue weighted by Gasteiger charge is -2.32. The van der Waals surface area contributed by atoms with E-state index in [1.54, 1.807) is 20.9 Å².